The van der Waals surface area contributed by atoms with Gasteiger partial charge in [0.2, 0.25) is 0 Å². The normalized spacial score (nSPS) is 14.9. The molecule has 0 bridgehead atoms. The van der Waals surface area contributed by atoms with Crippen LogP contribution in [0.5, 0.6) is 11.5 Å². The minimum Gasteiger partial charge on any atom is -0.497 e. The lowest BCUT2D eigenvalue weighted by molar-refractivity contribution is 0.394. The number of aromatic nitrogens is 4. The van der Waals surface area contributed by atoms with Crippen molar-refractivity contribution in [2.24, 2.45) is 0 Å². The van der Waals surface area contributed by atoms with Crippen LogP contribution in [0.4, 0.5) is 5.82 Å². The Morgan fingerprint density at radius 2 is 1.59 bits per heavy atom. The first-order valence-electron chi connectivity index (χ1n) is 10.5. The van der Waals surface area contributed by atoms with Gasteiger partial charge in [-0.15, -0.1) is 0 Å². The molecule has 202 valence electrons. The van der Waals surface area contributed by atoms with Crippen molar-refractivity contribution in [3.8, 4) is 23.3 Å². The van der Waals surface area contributed by atoms with Gasteiger partial charge in [-0.2, -0.15) is 21.9 Å². The van der Waals surface area contributed by atoms with Gasteiger partial charge < -0.3 is 20.5 Å². The van der Waals surface area contributed by atoms with Gasteiger partial charge >= 0.3 is 0 Å². The molecule has 2 aromatic heterocycles. The van der Waals surface area contributed by atoms with Crippen molar-refractivity contribution in [3.63, 3.8) is 0 Å². The fourth-order valence-electron chi connectivity index (χ4n) is 3.20. The first kappa shape index (κ1) is 29.7. The summed E-state index contributed by atoms with van der Waals surface area (Å²) in [4.78, 5) is 8.50. The Morgan fingerprint density at radius 1 is 1.03 bits per heavy atom. The summed E-state index contributed by atoms with van der Waals surface area (Å²) < 4.78 is 64.2. The van der Waals surface area contributed by atoms with Crippen molar-refractivity contribution in [2.75, 3.05) is 45.6 Å². The number of rotatable bonds is 3. The molecule has 1 saturated heterocycles. The number of nitrogens with zero attached hydrogens (tertiary/aromatic N) is 4. The van der Waals surface area contributed by atoms with Gasteiger partial charge in [0, 0.05) is 18.2 Å². The molecule has 0 aliphatic carbocycles. The highest BCUT2D eigenvalue weighted by atomic mass is 32.2. The number of nitrogen functional groups attached to an aromatic ring is 1. The molecule has 14 nitrogen and oxygen atoms in total. The van der Waals surface area contributed by atoms with Crippen LogP contribution in [0.3, 0.4) is 0 Å². The zero-order valence-corrected chi connectivity index (χ0v) is 22.2. The van der Waals surface area contributed by atoms with Gasteiger partial charge in [-0.3, -0.25) is 9.11 Å². The van der Waals surface area contributed by atoms with E-state index in [0.29, 0.717) is 46.6 Å². The molecule has 3 heterocycles. The van der Waals surface area contributed by atoms with Gasteiger partial charge in [-0.1, -0.05) is 5.92 Å². The molecule has 1 aliphatic heterocycles. The number of methoxy groups -OCH3 is 2. The smallest absolute Gasteiger partial charge is 0.261 e. The minimum absolute atomic E-state index is 0.231. The number of benzene rings is 1. The second kappa shape index (κ2) is 12.7. The molecule has 1 aromatic carbocycles. The van der Waals surface area contributed by atoms with E-state index in [0.717, 1.165) is 25.1 Å². The number of nitrogens with two attached hydrogens (primary N) is 1. The molecule has 37 heavy (non-hydrogen) atoms. The van der Waals surface area contributed by atoms with Crippen molar-refractivity contribution in [1.82, 2.24) is 25.1 Å². The van der Waals surface area contributed by atoms with Crippen LogP contribution >= 0.6 is 0 Å². The Balaban J connectivity index is 0.000000412. The van der Waals surface area contributed by atoms with Gasteiger partial charge in [0.1, 0.15) is 29.3 Å². The molecular weight excluding hydrogens is 528 g/mol. The molecule has 0 radical (unpaired) electrons. The van der Waals surface area contributed by atoms with Crippen molar-refractivity contribution in [3.05, 3.63) is 35.8 Å². The molecule has 16 heteroatoms. The van der Waals surface area contributed by atoms with Gasteiger partial charge in [-0.25, -0.2) is 14.6 Å². The standard InChI is InChI=1S/C19H20N6O2.2CH4O3S/c1-26-14-7-12(8-15(9-14)27-2)3-4-16-17-18(20)22-11-23-19(17)25(24-16)13-5-6-21-10-13;2*1-5(2,3)4/h7-9,11,13,21H,5-6,10H2,1-2H3,(H2,20,22,23);2*1H3,(H,2,3,4)/t13-;;/m0../s1. The molecule has 0 unspecified atom stereocenters. The Labute approximate surface area is 214 Å². The number of fused-ring (bicyclic) bond motifs is 1. The van der Waals surface area contributed by atoms with E-state index < -0.39 is 20.2 Å². The van der Waals surface area contributed by atoms with Gasteiger partial charge in [0.05, 0.1) is 38.2 Å². The highest BCUT2D eigenvalue weighted by molar-refractivity contribution is 7.85. The minimum atomic E-state index is -3.67. The van der Waals surface area contributed by atoms with E-state index >= 15 is 0 Å². The van der Waals surface area contributed by atoms with Crippen LogP contribution in [-0.4, -0.2) is 85.5 Å². The average molecular weight is 557 g/mol. The van der Waals surface area contributed by atoms with Crippen LogP contribution in [-0.2, 0) is 20.2 Å². The van der Waals surface area contributed by atoms with Crippen LogP contribution in [0.2, 0.25) is 0 Å². The predicted molar refractivity (Wildman–Crippen MR) is 137 cm³/mol. The SMILES string of the molecule is COc1cc(C#Cc2nn([C@H]3CCNC3)c3ncnc(N)c23)cc(OC)c1.CS(=O)(=O)O.CS(=O)(=O)O. The predicted octanol–water partition coefficient (Wildman–Crippen LogP) is 0.368. The fourth-order valence-corrected chi connectivity index (χ4v) is 3.20. The van der Waals surface area contributed by atoms with E-state index in [1.54, 1.807) is 20.3 Å². The molecular formula is C21H28N6O8S2. The molecule has 1 atom stereocenters. The molecule has 0 spiro atoms. The lowest BCUT2D eigenvalue weighted by Crippen LogP contribution is -2.15. The first-order valence-corrected chi connectivity index (χ1v) is 14.2. The van der Waals surface area contributed by atoms with Crippen LogP contribution < -0.4 is 20.5 Å². The van der Waals surface area contributed by atoms with Crippen LogP contribution in [0.25, 0.3) is 11.0 Å². The highest BCUT2D eigenvalue weighted by Gasteiger charge is 2.23. The summed E-state index contributed by atoms with van der Waals surface area (Å²) in [5, 5.41) is 8.72. The summed E-state index contributed by atoms with van der Waals surface area (Å²) in [5.74, 6) is 7.97. The summed E-state index contributed by atoms with van der Waals surface area (Å²) in [5.41, 5.74) is 8.14. The number of ether oxygens (including phenoxy) is 2. The maximum absolute atomic E-state index is 9.19. The summed E-state index contributed by atoms with van der Waals surface area (Å²) in [6, 6.07) is 5.72. The van der Waals surface area contributed by atoms with E-state index in [2.05, 4.69) is 27.1 Å². The first-order chi connectivity index (χ1) is 17.2. The van der Waals surface area contributed by atoms with Gasteiger partial charge in [0.15, 0.2) is 5.65 Å². The van der Waals surface area contributed by atoms with E-state index in [9.17, 15) is 16.8 Å². The van der Waals surface area contributed by atoms with Crippen LogP contribution in [0, 0.1) is 11.8 Å². The third-order valence-corrected chi connectivity index (χ3v) is 4.57. The van der Waals surface area contributed by atoms with Crippen molar-refractivity contribution >= 4 is 37.1 Å². The summed E-state index contributed by atoms with van der Waals surface area (Å²) >= 11 is 0. The third kappa shape index (κ3) is 10.2. The molecule has 3 aromatic rings. The highest BCUT2D eigenvalue weighted by Crippen LogP contribution is 2.26. The zero-order chi connectivity index (χ0) is 27.8. The van der Waals surface area contributed by atoms with E-state index in [1.807, 2.05) is 16.8 Å². The molecule has 0 saturated carbocycles. The maximum Gasteiger partial charge on any atom is 0.261 e. The zero-order valence-electron chi connectivity index (χ0n) is 20.5. The molecule has 1 fully saturated rings. The van der Waals surface area contributed by atoms with Crippen molar-refractivity contribution < 1.29 is 35.4 Å². The van der Waals surface area contributed by atoms with E-state index in [1.165, 1.54) is 6.33 Å². The Bertz CT molecular complexity index is 1440. The van der Waals surface area contributed by atoms with Crippen molar-refractivity contribution in [2.45, 2.75) is 12.5 Å². The van der Waals surface area contributed by atoms with E-state index in [4.69, 9.17) is 29.4 Å². The molecule has 4 rings (SSSR count). The molecule has 0 amide bonds. The second-order valence-corrected chi connectivity index (χ2v) is 10.6. The quantitative estimate of drug-likeness (QED) is 0.254. The average Bonchev–Trinajstić information content (AvgIpc) is 3.44. The lowest BCUT2D eigenvalue weighted by Gasteiger charge is -2.09. The monoisotopic (exact) mass is 556 g/mol. The summed E-state index contributed by atoms with van der Waals surface area (Å²) in [6.07, 6.45) is 3.88. The number of nitrogens with one attached hydrogen (secondary N) is 1. The third-order valence-electron chi connectivity index (χ3n) is 4.57. The summed E-state index contributed by atoms with van der Waals surface area (Å²) in [6.45, 7) is 1.80. The Morgan fingerprint density at radius 3 is 2.08 bits per heavy atom. The molecule has 1 aliphatic rings. The van der Waals surface area contributed by atoms with Crippen LogP contribution in [0.15, 0.2) is 24.5 Å². The maximum atomic E-state index is 9.19. The lowest BCUT2D eigenvalue weighted by atomic mass is 10.2. The Kier molecular flexibility index (Phi) is 10.2. The van der Waals surface area contributed by atoms with Gasteiger partial charge in [0.25, 0.3) is 20.2 Å². The second-order valence-electron chi connectivity index (χ2n) is 7.71. The topological polar surface area (TPSA) is 209 Å². The van der Waals surface area contributed by atoms with E-state index in [-0.39, 0.29) is 6.04 Å². The molecule has 5 N–H and O–H groups in total. The fraction of sp³-hybridized carbons (Fsp3) is 0.381. The Hall–Kier alpha value is -3.49. The number of hydrogen-bond acceptors (Lipinski definition) is 11. The van der Waals surface area contributed by atoms with Crippen molar-refractivity contribution in [1.29, 1.82) is 0 Å². The number of anilines is 1. The van der Waals surface area contributed by atoms with Gasteiger partial charge in [-0.05, 0) is 31.0 Å². The van der Waals surface area contributed by atoms with Crippen LogP contribution in [0.1, 0.15) is 23.7 Å². The number of hydrogen-bond donors (Lipinski definition) is 4. The summed E-state index contributed by atoms with van der Waals surface area (Å²) in [7, 11) is -4.12. The largest absolute Gasteiger partial charge is 0.497 e.